The third kappa shape index (κ3) is 2.40. The number of hydrogen-bond acceptors (Lipinski definition) is 2. The highest BCUT2D eigenvalue weighted by molar-refractivity contribution is 9.10. The van der Waals surface area contributed by atoms with Gasteiger partial charge in [-0.15, -0.1) is 0 Å². The summed E-state index contributed by atoms with van der Waals surface area (Å²) in [6.45, 7) is 0. The van der Waals surface area contributed by atoms with Crippen LogP contribution in [0.25, 0.3) is 0 Å². The van der Waals surface area contributed by atoms with Gasteiger partial charge in [0.2, 0.25) is 0 Å². The summed E-state index contributed by atoms with van der Waals surface area (Å²) >= 11 is 6.97. The highest BCUT2D eigenvalue weighted by Gasteiger charge is 2.39. The lowest BCUT2D eigenvalue weighted by Crippen LogP contribution is -2.30. The van der Waals surface area contributed by atoms with Gasteiger partial charge in [0.15, 0.2) is 7.14 Å². The Labute approximate surface area is 151 Å². The van der Waals surface area contributed by atoms with E-state index in [1.165, 1.54) is 0 Å². The molecule has 0 aliphatic carbocycles. The number of hydrogen-bond donors (Lipinski definition) is 0. The molecule has 1 heterocycles. The van der Waals surface area contributed by atoms with E-state index in [0.29, 0.717) is 11.5 Å². The molecular formula is C18H11Br2O2P. The quantitative estimate of drug-likeness (QED) is 0.384. The summed E-state index contributed by atoms with van der Waals surface area (Å²) in [4.78, 5) is 0. The largest absolute Gasteiger partial charge is 0.456 e. The lowest BCUT2D eigenvalue weighted by molar-refractivity contribution is 0.485. The van der Waals surface area contributed by atoms with Crippen molar-refractivity contribution in [2.75, 3.05) is 0 Å². The fraction of sp³-hybridized carbons (Fsp3) is 0. The van der Waals surface area contributed by atoms with E-state index in [9.17, 15) is 4.57 Å². The molecule has 114 valence electrons. The van der Waals surface area contributed by atoms with Crippen LogP contribution in [0.1, 0.15) is 0 Å². The first-order valence-electron chi connectivity index (χ1n) is 7.03. The Bertz CT molecular complexity index is 899. The van der Waals surface area contributed by atoms with E-state index in [1.807, 2.05) is 66.7 Å². The van der Waals surface area contributed by atoms with Crippen LogP contribution < -0.4 is 20.7 Å². The number of ether oxygens (including phenoxy) is 1. The van der Waals surface area contributed by atoms with Crippen molar-refractivity contribution < 1.29 is 9.30 Å². The fourth-order valence-corrected chi connectivity index (χ4v) is 6.80. The first-order valence-corrected chi connectivity index (χ1v) is 10.3. The van der Waals surface area contributed by atoms with Crippen molar-refractivity contribution in [2.24, 2.45) is 0 Å². The maximum absolute atomic E-state index is 14.3. The average molecular weight is 450 g/mol. The molecule has 1 aliphatic heterocycles. The van der Waals surface area contributed by atoms with Crippen LogP contribution in [-0.2, 0) is 4.57 Å². The zero-order chi connectivity index (χ0) is 16.0. The second-order valence-corrected chi connectivity index (χ2v) is 9.80. The molecule has 0 atom stereocenters. The molecule has 0 amide bonds. The molecule has 3 aromatic rings. The number of benzene rings is 3. The minimum absolute atomic E-state index is 0.648. The van der Waals surface area contributed by atoms with E-state index in [4.69, 9.17) is 4.74 Å². The van der Waals surface area contributed by atoms with E-state index < -0.39 is 7.14 Å². The van der Waals surface area contributed by atoms with Crippen LogP contribution in [0.2, 0.25) is 0 Å². The average Bonchev–Trinajstić information content (AvgIpc) is 2.57. The van der Waals surface area contributed by atoms with Gasteiger partial charge in [-0.05, 0) is 36.4 Å². The van der Waals surface area contributed by atoms with Crippen LogP contribution in [-0.4, -0.2) is 0 Å². The molecule has 0 saturated heterocycles. The third-order valence-corrected chi connectivity index (χ3v) is 7.93. The van der Waals surface area contributed by atoms with Crippen LogP contribution in [0.15, 0.2) is 75.7 Å². The van der Waals surface area contributed by atoms with Crippen molar-refractivity contribution >= 4 is 54.9 Å². The summed E-state index contributed by atoms with van der Waals surface area (Å²) in [5.41, 5.74) is 0. The first-order chi connectivity index (χ1) is 11.1. The Morgan fingerprint density at radius 1 is 0.739 bits per heavy atom. The Morgan fingerprint density at radius 2 is 1.26 bits per heavy atom. The number of rotatable bonds is 1. The van der Waals surface area contributed by atoms with Gasteiger partial charge in [0.1, 0.15) is 11.5 Å². The highest BCUT2D eigenvalue weighted by atomic mass is 79.9. The molecule has 0 aromatic heterocycles. The number of fused-ring (bicyclic) bond motifs is 2. The van der Waals surface area contributed by atoms with E-state index in [-0.39, 0.29) is 0 Å². The van der Waals surface area contributed by atoms with Gasteiger partial charge in [0, 0.05) is 14.2 Å². The maximum Gasteiger partial charge on any atom is 0.178 e. The molecule has 0 saturated carbocycles. The van der Waals surface area contributed by atoms with Gasteiger partial charge >= 0.3 is 0 Å². The molecule has 4 rings (SSSR count). The molecular weight excluding hydrogens is 439 g/mol. The van der Waals surface area contributed by atoms with E-state index >= 15 is 0 Å². The Kier molecular flexibility index (Phi) is 3.72. The molecule has 0 N–H and O–H groups in total. The van der Waals surface area contributed by atoms with Crippen LogP contribution in [0.4, 0.5) is 0 Å². The maximum atomic E-state index is 14.3. The predicted molar refractivity (Wildman–Crippen MR) is 101 cm³/mol. The van der Waals surface area contributed by atoms with Crippen molar-refractivity contribution in [1.29, 1.82) is 0 Å². The highest BCUT2D eigenvalue weighted by Crippen LogP contribution is 2.52. The first kappa shape index (κ1) is 15.2. The van der Waals surface area contributed by atoms with Gasteiger partial charge in [0.05, 0.1) is 10.6 Å². The van der Waals surface area contributed by atoms with Crippen LogP contribution >= 0.6 is 39.0 Å². The summed E-state index contributed by atoms with van der Waals surface area (Å²) in [6.07, 6.45) is 0. The standard InChI is InChI=1S/C18H11Br2O2P/c19-12-6-8-15-17(10-12)23(21,14-4-2-1-3-5-14)18-11-13(20)7-9-16(18)22-15/h1-11H. The monoisotopic (exact) mass is 448 g/mol. The lowest BCUT2D eigenvalue weighted by Gasteiger charge is -2.29. The predicted octanol–water partition coefficient (Wildman–Crippen LogP) is 4.96. The second-order valence-electron chi connectivity index (χ2n) is 5.27. The summed E-state index contributed by atoms with van der Waals surface area (Å²) in [6, 6.07) is 20.9. The summed E-state index contributed by atoms with van der Waals surface area (Å²) < 4.78 is 22.0. The molecule has 1 aliphatic rings. The van der Waals surface area contributed by atoms with Crippen molar-refractivity contribution in [3.63, 3.8) is 0 Å². The van der Waals surface area contributed by atoms with Gasteiger partial charge in [-0.2, -0.15) is 0 Å². The second kappa shape index (κ2) is 5.62. The van der Waals surface area contributed by atoms with Gasteiger partial charge in [0.25, 0.3) is 0 Å². The minimum Gasteiger partial charge on any atom is -0.456 e. The van der Waals surface area contributed by atoms with E-state index in [1.54, 1.807) is 0 Å². The molecule has 0 radical (unpaired) electrons. The SMILES string of the molecule is O=P1(c2ccccc2)c2cc(Br)ccc2Oc2ccc(Br)cc21. The zero-order valence-corrected chi connectivity index (χ0v) is 15.9. The molecule has 5 heteroatoms. The molecule has 0 spiro atoms. The minimum atomic E-state index is -2.98. The summed E-state index contributed by atoms with van der Waals surface area (Å²) in [5, 5.41) is 2.26. The van der Waals surface area contributed by atoms with E-state index in [0.717, 1.165) is 24.9 Å². The summed E-state index contributed by atoms with van der Waals surface area (Å²) in [7, 11) is -2.98. The van der Waals surface area contributed by atoms with Gasteiger partial charge in [-0.3, -0.25) is 0 Å². The van der Waals surface area contributed by atoms with Crippen molar-refractivity contribution in [2.45, 2.75) is 0 Å². The van der Waals surface area contributed by atoms with Gasteiger partial charge in [-0.1, -0.05) is 62.2 Å². The number of halogens is 2. The molecule has 0 unspecified atom stereocenters. The van der Waals surface area contributed by atoms with Gasteiger partial charge < -0.3 is 9.30 Å². The topological polar surface area (TPSA) is 26.3 Å². The Balaban J connectivity index is 2.10. The fourth-order valence-electron chi connectivity index (χ4n) is 2.81. The van der Waals surface area contributed by atoms with Crippen LogP contribution in [0.3, 0.4) is 0 Å². The smallest absolute Gasteiger partial charge is 0.178 e. The van der Waals surface area contributed by atoms with Crippen LogP contribution in [0, 0.1) is 0 Å². The normalized spacial score (nSPS) is 14.5. The Morgan fingerprint density at radius 3 is 1.78 bits per heavy atom. The van der Waals surface area contributed by atoms with Crippen molar-refractivity contribution in [1.82, 2.24) is 0 Å². The molecule has 0 fully saturated rings. The third-order valence-electron chi connectivity index (χ3n) is 3.86. The molecule has 3 aromatic carbocycles. The Hall–Kier alpha value is -1.35. The molecule has 2 nitrogen and oxygen atoms in total. The summed E-state index contributed by atoms with van der Waals surface area (Å²) in [5.74, 6) is 1.30. The van der Waals surface area contributed by atoms with Crippen molar-refractivity contribution in [3.05, 3.63) is 75.7 Å². The van der Waals surface area contributed by atoms with Crippen molar-refractivity contribution in [3.8, 4) is 11.5 Å². The van der Waals surface area contributed by atoms with Gasteiger partial charge in [-0.25, -0.2) is 0 Å². The van der Waals surface area contributed by atoms with E-state index in [2.05, 4.69) is 31.9 Å². The lowest BCUT2D eigenvalue weighted by atomic mass is 10.3. The zero-order valence-electron chi connectivity index (χ0n) is 11.9. The van der Waals surface area contributed by atoms with Crippen LogP contribution in [0.5, 0.6) is 11.5 Å². The molecule has 23 heavy (non-hydrogen) atoms. The molecule has 0 bridgehead atoms.